The summed E-state index contributed by atoms with van der Waals surface area (Å²) in [6.45, 7) is 9.16. The lowest BCUT2D eigenvalue weighted by molar-refractivity contribution is -0.117. The average Bonchev–Trinajstić information content (AvgIpc) is 3.63. The number of benzene rings is 1. The van der Waals surface area contributed by atoms with E-state index in [1.807, 2.05) is 43.3 Å². The van der Waals surface area contributed by atoms with Crippen molar-refractivity contribution in [2.45, 2.75) is 36.7 Å². The highest BCUT2D eigenvalue weighted by atomic mass is 32.2. The van der Waals surface area contributed by atoms with E-state index in [9.17, 15) is 4.79 Å². The van der Waals surface area contributed by atoms with Gasteiger partial charge < -0.3 is 20.4 Å². The summed E-state index contributed by atoms with van der Waals surface area (Å²) >= 11 is 1.51. The number of carbonyl (C=O) groups is 1. The predicted octanol–water partition coefficient (Wildman–Crippen LogP) is 3.89. The molecule has 9 nitrogen and oxygen atoms in total. The number of H-pyrrole nitrogens is 1. The number of carbonyl (C=O) groups excluding carboxylic acids is 1. The molecule has 1 aromatic carbocycles. The van der Waals surface area contributed by atoms with Crippen LogP contribution in [0.25, 0.3) is 0 Å². The highest BCUT2D eigenvalue weighted by molar-refractivity contribution is 7.99. The second-order valence-electron chi connectivity index (χ2n) is 8.77. The van der Waals surface area contributed by atoms with Crippen LogP contribution in [-0.2, 0) is 4.79 Å². The van der Waals surface area contributed by atoms with Gasteiger partial charge in [0.05, 0.1) is 0 Å². The zero-order valence-corrected chi connectivity index (χ0v) is 20.4. The smallest absolute Gasteiger partial charge is 0.227 e. The number of amides is 1. The van der Waals surface area contributed by atoms with Crippen LogP contribution in [0.1, 0.15) is 25.5 Å². The number of aryl methyl sites for hydroxylation is 1. The molecule has 2 aliphatic rings. The molecule has 1 aliphatic heterocycles. The van der Waals surface area contributed by atoms with Gasteiger partial charge in [0.25, 0.3) is 0 Å². The molecule has 178 valence electrons. The summed E-state index contributed by atoms with van der Waals surface area (Å²) in [6.07, 6.45) is 1.99. The fraction of sp³-hybridized carbons (Fsp3) is 0.417. The second-order valence-corrected chi connectivity index (χ2v) is 9.81. The van der Waals surface area contributed by atoms with Crippen LogP contribution in [-0.4, -0.2) is 63.7 Å². The molecule has 3 N–H and O–H groups in total. The molecule has 3 heterocycles. The normalized spacial score (nSPS) is 16.5. The van der Waals surface area contributed by atoms with Crippen molar-refractivity contribution in [3.8, 4) is 0 Å². The SMILES string of the molecule is CCN1CCN(c2cc(Nc3cc(C)[nH]n3)nc(Sc3ccc(NC(=O)C4CC4)cc3)n2)CC1. The number of anilines is 4. The minimum absolute atomic E-state index is 0.115. The van der Waals surface area contributed by atoms with Crippen molar-refractivity contribution in [2.75, 3.05) is 48.3 Å². The fourth-order valence-electron chi connectivity index (χ4n) is 3.89. The third-order valence-electron chi connectivity index (χ3n) is 6.08. The van der Waals surface area contributed by atoms with E-state index in [0.717, 1.165) is 73.5 Å². The lowest BCUT2D eigenvalue weighted by atomic mass is 10.3. The van der Waals surface area contributed by atoms with Gasteiger partial charge >= 0.3 is 0 Å². The number of hydrogen-bond donors (Lipinski definition) is 3. The molecule has 1 amide bonds. The quantitative estimate of drug-likeness (QED) is 0.419. The molecule has 0 radical (unpaired) electrons. The summed E-state index contributed by atoms with van der Waals surface area (Å²) < 4.78 is 0. The Morgan fingerprint density at radius 2 is 1.85 bits per heavy atom. The molecule has 2 fully saturated rings. The Hall–Kier alpha value is -3.11. The Bertz CT molecular complexity index is 1140. The van der Waals surface area contributed by atoms with E-state index in [1.165, 1.54) is 11.8 Å². The number of aromatic nitrogens is 4. The Balaban J connectivity index is 1.34. The summed E-state index contributed by atoms with van der Waals surface area (Å²) in [5.74, 6) is 2.66. The van der Waals surface area contributed by atoms with E-state index in [4.69, 9.17) is 9.97 Å². The van der Waals surface area contributed by atoms with Crippen molar-refractivity contribution in [3.63, 3.8) is 0 Å². The summed E-state index contributed by atoms with van der Waals surface area (Å²) in [4.78, 5) is 27.4. The van der Waals surface area contributed by atoms with Crippen LogP contribution in [0, 0.1) is 12.8 Å². The van der Waals surface area contributed by atoms with Gasteiger partial charge in [-0.3, -0.25) is 9.89 Å². The Labute approximate surface area is 203 Å². The molecular formula is C24H30N8OS. The molecule has 1 saturated heterocycles. The number of piperazine rings is 1. The molecule has 10 heteroatoms. The predicted molar refractivity (Wildman–Crippen MR) is 135 cm³/mol. The summed E-state index contributed by atoms with van der Waals surface area (Å²) in [5.41, 5.74) is 1.80. The maximum atomic E-state index is 12.0. The number of nitrogens with one attached hydrogen (secondary N) is 3. The van der Waals surface area contributed by atoms with Crippen LogP contribution < -0.4 is 15.5 Å². The van der Waals surface area contributed by atoms with Crippen molar-refractivity contribution in [1.29, 1.82) is 0 Å². The lowest BCUT2D eigenvalue weighted by Crippen LogP contribution is -2.46. The average molecular weight is 479 g/mol. The molecule has 1 saturated carbocycles. The topological polar surface area (TPSA) is 102 Å². The molecule has 34 heavy (non-hydrogen) atoms. The first-order valence-corrected chi connectivity index (χ1v) is 12.6. The van der Waals surface area contributed by atoms with E-state index in [0.29, 0.717) is 11.0 Å². The summed E-state index contributed by atoms with van der Waals surface area (Å²) in [5, 5.41) is 14.2. The van der Waals surface area contributed by atoms with Crippen molar-refractivity contribution in [2.24, 2.45) is 5.92 Å². The highest BCUT2D eigenvalue weighted by Crippen LogP contribution is 2.32. The van der Waals surface area contributed by atoms with E-state index >= 15 is 0 Å². The fourth-order valence-corrected chi connectivity index (χ4v) is 4.66. The molecular weight excluding hydrogens is 448 g/mol. The summed E-state index contributed by atoms with van der Waals surface area (Å²) in [6, 6.07) is 11.8. The highest BCUT2D eigenvalue weighted by Gasteiger charge is 2.29. The number of aromatic amines is 1. The minimum Gasteiger partial charge on any atom is -0.354 e. The Kier molecular flexibility index (Phi) is 6.68. The van der Waals surface area contributed by atoms with Gasteiger partial charge in [0, 0.05) is 60.5 Å². The van der Waals surface area contributed by atoms with Crippen LogP contribution in [0.2, 0.25) is 0 Å². The molecule has 0 atom stereocenters. The first kappa shape index (κ1) is 22.7. The van der Waals surface area contributed by atoms with E-state index in [-0.39, 0.29) is 11.8 Å². The van der Waals surface area contributed by atoms with Gasteiger partial charge in [-0.05, 0) is 62.3 Å². The largest absolute Gasteiger partial charge is 0.354 e. The van der Waals surface area contributed by atoms with E-state index < -0.39 is 0 Å². The lowest BCUT2D eigenvalue weighted by Gasteiger charge is -2.34. The third-order valence-corrected chi connectivity index (χ3v) is 6.95. The first-order chi connectivity index (χ1) is 16.6. The van der Waals surface area contributed by atoms with E-state index in [1.54, 1.807) is 0 Å². The van der Waals surface area contributed by atoms with Gasteiger partial charge in [-0.15, -0.1) is 0 Å². The second kappa shape index (κ2) is 10.0. The van der Waals surface area contributed by atoms with Crippen LogP contribution in [0.15, 0.2) is 46.5 Å². The van der Waals surface area contributed by atoms with Gasteiger partial charge in [-0.1, -0.05) is 6.92 Å². The first-order valence-electron chi connectivity index (χ1n) is 11.8. The van der Waals surface area contributed by atoms with Crippen molar-refractivity contribution >= 4 is 40.8 Å². The van der Waals surface area contributed by atoms with Gasteiger partial charge in [-0.25, -0.2) is 9.97 Å². The number of hydrogen-bond acceptors (Lipinski definition) is 8. The third kappa shape index (κ3) is 5.68. The van der Waals surface area contributed by atoms with Crippen molar-refractivity contribution in [3.05, 3.63) is 42.1 Å². The standard InChI is InChI=1S/C24H30N8OS/c1-3-31-10-12-32(13-11-31)22-15-20(26-21-14-16(2)29-30-21)27-24(28-22)34-19-8-6-18(7-9-19)25-23(33)17-4-5-17/h6-9,14-15,17H,3-5,10-13H2,1-2H3,(H,25,33)(H2,26,27,28,29,30). The molecule has 5 rings (SSSR count). The van der Waals surface area contributed by atoms with Crippen LogP contribution in [0.5, 0.6) is 0 Å². The number of likely N-dealkylation sites (N-methyl/N-ethyl adjacent to an activating group) is 1. The molecule has 2 aromatic heterocycles. The maximum absolute atomic E-state index is 12.0. The molecule has 1 aliphatic carbocycles. The zero-order valence-electron chi connectivity index (χ0n) is 19.5. The van der Waals surface area contributed by atoms with Gasteiger partial charge in [-0.2, -0.15) is 5.10 Å². The van der Waals surface area contributed by atoms with Crippen molar-refractivity contribution < 1.29 is 4.79 Å². The number of nitrogens with zero attached hydrogens (tertiary/aromatic N) is 5. The van der Waals surface area contributed by atoms with Crippen molar-refractivity contribution in [1.82, 2.24) is 25.1 Å². The molecule has 0 bridgehead atoms. The molecule has 0 spiro atoms. The van der Waals surface area contributed by atoms with Gasteiger partial charge in [0.15, 0.2) is 11.0 Å². The Morgan fingerprint density at radius 3 is 2.50 bits per heavy atom. The number of rotatable bonds is 8. The van der Waals surface area contributed by atoms with E-state index in [2.05, 4.69) is 37.6 Å². The van der Waals surface area contributed by atoms with Gasteiger partial charge in [0.1, 0.15) is 11.6 Å². The van der Waals surface area contributed by atoms with Gasteiger partial charge in [0.2, 0.25) is 5.91 Å². The summed E-state index contributed by atoms with van der Waals surface area (Å²) in [7, 11) is 0. The Morgan fingerprint density at radius 1 is 1.09 bits per heavy atom. The van der Waals surface area contributed by atoms with Crippen LogP contribution in [0.4, 0.5) is 23.1 Å². The zero-order chi connectivity index (χ0) is 23.5. The van der Waals surface area contributed by atoms with Crippen LogP contribution >= 0.6 is 11.8 Å². The van der Waals surface area contributed by atoms with Crippen LogP contribution in [0.3, 0.4) is 0 Å². The minimum atomic E-state index is 0.115. The molecule has 3 aromatic rings. The monoisotopic (exact) mass is 478 g/mol. The maximum Gasteiger partial charge on any atom is 0.227 e. The molecule has 0 unspecified atom stereocenters.